The van der Waals surface area contributed by atoms with Crippen LogP contribution in [0, 0.1) is 11.3 Å². The van der Waals surface area contributed by atoms with Crippen molar-refractivity contribution in [2.75, 3.05) is 187 Å². The number of hydrogen-bond acceptors (Lipinski definition) is 15. The molecule has 2 atom stereocenters. The van der Waals surface area contributed by atoms with E-state index < -0.39 is 142 Å². The Labute approximate surface area is 543 Å². The van der Waals surface area contributed by atoms with Crippen molar-refractivity contribution in [1.29, 1.82) is 0 Å². The molecule has 0 heterocycles. The molecule has 9 N–H and O–H groups in total. The van der Waals surface area contributed by atoms with Gasteiger partial charge in [0.1, 0.15) is 33.4 Å². The molecular formula is C48H111F27N4O11Si4. The minimum Gasteiger partial charge on any atom is -0.397 e. The van der Waals surface area contributed by atoms with Crippen LogP contribution in [-0.2, 0) is 44.3 Å². The first kappa shape index (κ1) is 132. The van der Waals surface area contributed by atoms with E-state index in [-0.39, 0.29) is 46.8 Å². The zero-order valence-corrected chi connectivity index (χ0v) is 59.0. The summed E-state index contributed by atoms with van der Waals surface area (Å²) >= 11 is 0. The van der Waals surface area contributed by atoms with E-state index in [2.05, 4.69) is 17.7 Å². The van der Waals surface area contributed by atoms with E-state index in [1.54, 1.807) is 33.6 Å². The highest BCUT2D eigenvalue weighted by molar-refractivity contribution is 6.61. The summed E-state index contributed by atoms with van der Waals surface area (Å²) in [4.78, 5) is 0. The van der Waals surface area contributed by atoms with Gasteiger partial charge in [-0.15, -0.1) is 0 Å². The fourth-order valence-corrected chi connectivity index (χ4v) is 10.9. The summed E-state index contributed by atoms with van der Waals surface area (Å²) in [5.41, 5.74) is 4.19. The van der Waals surface area contributed by atoms with Crippen LogP contribution in [0.1, 0.15) is 53.9 Å². The molecule has 0 aromatic rings. The summed E-state index contributed by atoms with van der Waals surface area (Å²) in [5.74, 6) is -2.13. The number of nitrogens with one attached hydrogen (secondary N) is 1. The predicted molar refractivity (Wildman–Crippen MR) is 321 cm³/mol. The second-order valence-corrected chi connectivity index (χ2v) is 26.3. The molecule has 0 saturated heterocycles. The number of rotatable bonds is 32. The number of hydrogen-bond donors (Lipinski definition) is 5. The van der Waals surface area contributed by atoms with Gasteiger partial charge in [-0.3, -0.25) is 39.5 Å². The second kappa shape index (κ2) is 85.3. The van der Waals surface area contributed by atoms with E-state index >= 15 is 0 Å². The third kappa shape index (κ3) is 68.6. The van der Waals surface area contributed by atoms with E-state index in [0.29, 0.717) is 81.1 Å². The van der Waals surface area contributed by atoms with E-state index in [1.807, 2.05) is 0 Å². The molecule has 0 saturated carbocycles. The van der Waals surface area contributed by atoms with Crippen molar-refractivity contribution < 1.29 is 167 Å². The van der Waals surface area contributed by atoms with Crippen LogP contribution in [0.2, 0.25) is 24.2 Å². The summed E-state index contributed by atoms with van der Waals surface area (Å²) in [6.07, 6.45) is -20.4. The quantitative estimate of drug-likeness (QED) is 0.0139. The maximum atomic E-state index is 13.7. The minimum absolute atomic E-state index is 0. The molecule has 15 nitrogen and oxygen atoms in total. The monoisotopic (exact) mass is 1540 g/mol. The molecule has 2 unspecified atom stereocenters. The lowest BCUT2D eigenvalue weighted by Crippen LogP contribution is -2.64. The van der Waals surface area contributed by atoms with Crippen molar-refractivity contribution in [3.63, 3.8) is 0 Å². The number of alkyl halides is 25. The van der Waals surface area contributed by atoms with Crippen molar-refractivity contribution >= 4 is 35.4 Å². The number of allylic oxidation sites excluding steroid dienone is 2. The first-order valence-electron chi connectivity index (χ1n) is 25.3. The Balaban J connectivity index is -0.0000000545. The van der Waals surface area contributed by atoms with Crippen molar-refractivity contribution in [3.05, 3.63) is 11.6 Å². The van der Waals surface area contributed by atoms with Gasteiger partial charge in [-0.2, -0.15) is 52.7 Å². The van der Waals surface area contributed by atoms with E-state index in [4.69, 9.17) is 43.1 Å². The molecular weight excluding hydrogens is 1430 g/mol. The largest absolute Gasteiger partial charge is 0.539 e. The van der Waals surface area contributed by atoms with Crippen LogP contribution in [0.15, 0.2) is 11.6 Å². The molecule has 46 heteroatoms. The lowest BCUT2D eigenvalue weighted by molar-refractivity contribution is -0.354. The van der Waals surface area contributed by atoms with Gasteiger partial charge >= 0.3 is 60.1 Å². The summed E-state index contributed by atoms with van der Waals surface area (Å²) in [6, 6.07) is -1.67. The van der Waals surface area contributed by atoms with E-state index in [0.717, 1.165) is 26.7 Å². The molecule has 594 valence electrons. The SMILES string of the molecule is C.C.CCO.CF.CF.CF.CF.CF.CF.CO[Si](CCCF)(OC)OC.CO[Si](CCCN)(OC)OC.CO[Si](F)(CCCN)OC.CO[Si](F)(CCCNC(CF)C(CF)(C(F)(F)F)C(F)(F)F)OC.FC/C=C(/CF)C(F)(F)F.FCCC(CF)C(F)(F)F.N. The second-order valence-electron chi connectivity index (χ2n) is 14.9. The molecule has 0 aliphatic heterocycles. The molecule has 0 fully saturated rings. The Morgan fingerprint density at radius 1 is 0.479 bits per heavy atom. The third-order valence-electron chi connectivity index (χ3n) is 10.0. The molecule has 0 rings (SSSR count). The third-order valence-corrected chi connectivity index (χ3v) is 20.0. The van der Waals surface area contributed by atoms with Crippen LogP contribution in [0.3, 0.4) is 0 Å². The number of aliphatic hydroxyl groups is 1. The van der Waals surface area contributed by atoms with Gasteiger partial charge in [0.05, 0.1) is 73.9 Å². The molecule has 0 aliphatic rings. The minimum atomic E-state index is -6.07. The zero-order valence-electron chi connectivity index (χ0n) is 55.0. The topological polar surface area (TPSA) is 212 Å². The van der Waals surface area contributed by atoms with Crippen molar-refractivity contribution in [2.45, 2.75) is 109 Å². The van der Waals surface area contributed by atoms with Gasteiger partial charge in [-0.25, -0.2) is 25.8 Å². The standard InChI is InChI=1S/C11H18F9NO2Si.C6H15FO3Si.C6H17NO3Si.C5H7F5.C5H5F5.C5H14FNO2Si.C2H6O.6CH3F.2CH4.H3N/c1-22-24(20,23-2)5-3-4-21-8(6-12)9(7-13,10(14,15)16)11(17,18)19;2*1-8-11(9-2,10-3)6-4-5-7;2*6-2-1-4(3-7)5(8,9)10;1-8-10(6,9-2)5-3-4-7;1-2-3;6*1-2;;;/h8,21H,3-7H2,1-2H3;4-6H2,1-3H3;4-7H2,1-3H3;4H,1-3H2;1H,2-3H2;3-5,7H2,1-2H3;3H,2H2,1H3;6*1H3;2*1H4;1H3/b;;;;4-1-;;;;;;;;;;;. The average Bonchev–Trinajstić information content (AvgIpc) is 1.07. The average molecular weight is 1550 g/mol. The molecule has 0 bridgehead atoms. The van der Waals surface area contributed by atoms with Crippen LogP contribution in [0.25, 0.3) is 0 Å². The highest BCUT2D eigenvalue weighted by Crippen LogP contribution is 2.53. The highest BCUT2D eigenvalue weighted by atomic mass is 28.4. The van der Waals surface area contributed by atoms with E-state index in [9.17, 15) is 118 Å². The Kier molecular flexibility index (Phi) is 120. The summed E-state index contributed by atoms with van der Waals surface area (Å²) in [7, 11) is 4.88. The molecule has 0 aromatic heterocycles. The molecule has 0 radical (unpaired) electrons. The molecule has 0 spiro atoms. The lowest BCUT2D eigenvalue weighted by Gasteiger charge is -2.40. The Hall–Kier alpha value is -1.88. The highest BCUT2D eigenvalue weighted by Gasteiger charge is 2.74. The summed E-state index contributed by atoms with van der Waals surface area (Å²) in [6.45, 7) is -8.54. The first-order valence-corrected chi connectivity index (χ1v) is 32.9. The number of halogens is 27. The lowest BCUT2D eigenvalue weighted by atomic mass is 9.80. The molecule has 0 amide bonds. The molecule has 0 aliphatic carbocycles. The van der Waals surface area contributed by atoms with Gasteiger partial charge in [-0.05, 0) is 64.7 Å². The van der Waals surface area contributed by atoms with Gasteiger partial charge in [0, 0.05) is 102 Å². The summed E-state index contributed by atoms with van der Waals surface area (Å²) < 4.78 is 361. The predicted octanol–water partition coefficient (Wildman–Crippen LogP) is 15.4. The van der Waals surface area contributed by atoms with Crippen LogP contribution in [0.4, 0.5) is 118 Å². The van der Waals surface area contributed by atoms with Gasteiger partial charge in [-0.1, -0.05) is 14.9 Å². The smallest absolute Gasteiger partial charge is 0.397 e. The van der Waals surface area contributed by atoms with Gasteiger partial charge in [0.25, 0.3) is 0 Å². The van der Waals surface area contributed by atoms with Crippen LogP contribution < -0.4 is 22.9 Å². The fourth-order valence-electron chi connectivity index (χ4n) is 5.14. The van der Waals surface area contributed by atoms with E-state index in [1.165, 1.54) is 35.5 Å². The molecule has 94 heavy (non-hydrogen) atoms. The number of aliphatic hydroxyl groups excluding tert-OH is 1. The van der Waals surface area contributed by atoms with Crippen LogP contribution in [-0.4, -0.2) is 258 Å². The van der Waals surface area contributed by atoms with Crippen molar-refractivity contribution in [3.8, 4) is 0 Å². The summed E-state index contributed by atoms with van der Waals surface area (Å²) in [5, 5.41) is 9.25. The van der Waals surface area contributed by atoms with Crippen molar-refractivity contribution in [1.82, 2.24) is 11.5 Å². The van der Waals surface area contributed by atoms with Gasteiger partial charge < -0.3 is 72.3 Å². The van der Waals surface area contributed by atoms with Gasteiger partial charge in [0.2, 0.25) is 5.41 Å². The Morgan fingerprint density at radius 3 is 0.947 bits per heavy atom. The van der Waals surface area contributed by atoms with Crippen LogP contribution >= 0.6 is 0 Å². The van der Waals surface area contributed by atoms with Crippen molar-refractivity contribution in [2.24, 2.45) is 22.8 Å². The maximum Gasteiger partial charge on any atom is 0.539 e. The van der Waals surface area contributed by atoms with Crippen LogP contribution in [0.5, 0.6) is 0 Å². The Morgan fingerprint density at radius 2 is 0.777 bits per heavy atom. The van der Waals surface area contributed by atoms with Gasteiger partial charge in [0.15, 0.2) is 0 Å². The maximum absolute atomic E-state index is 13.7. The number of nitrogens with two attached hydrogens (primary N) is 2. The fraction of sp³-hybridized carbons (Fsp3) is 0.958. The Bertz CT molecular complexity index is 1350. The molecule has 0 aromatic carbocycles. The first-order chi connectivity index (χ1) is 42.5. The normalized spacial score (nSPS) is 11.8. The zero-order chi connectivity index (χ0) is 75.9.